The van der Waals surface area contributed by atoms with Crippen LogP contribution in [0.2, 0.25) is 0 Å². The van der Waals surface area contributed by atoms with Crippen molar-refractivity contribution in [2.75, 3.05) is 0 Å². The number of carbonyl (C=O) groups excluding carboxylic acids is 3. The molecule has 0 saturated heterocycles. The van der Waals surface area contributed by atoms with E-state index in [9.17, 15) is 14.4 Å². The van der Waals surface area contributed by atoms with E-state index in [1.54, 1.807) is 6.92 Å². The Morgan fingerprint density at radius 3 is 2.10 bits per heavy atom. The second kappa shape index (κ2) is 9.27. The van der Waals surface area contributed by atoms with E-state index in [2.05, 4.69) is 13.8 Å². The quantitative estimate of drug-likeness (QED) is 0.514. The van der Waals surface area contributed by atoms with E-state index in [0.717, 1.165) is 43.4 Å². The zero-order valence-electron chi connectivity index (χ0n) is 19.8. The molecule has 0 aromatic rings. The largest absolute Gasteiger partial charge is 0.300 e. The summed E-state index contributed by atoms with van der Waals surface area (Å²) in [7, 11) is 0. The van der Waals surface area contributed by atoms with Gasteiger partial charge in [0, 0.05) is 12.3 Å². The van der Waals surface area contributed by atoms with Crippen molar-refractivity contribution in [2.45, 2.75) is 99.8 Å². The Labute approximate surface area is 178 Å². The molecule has 0 spiro atoms. The van der Waals surface area contributed by atoms with Crippen molar-refractivity contribution in [3.8, 4) is 0 Å². The highest BCUT2D eigenvalue weighted by Crippen LogP contribution is 2.66. The number of hydrogen-bond donors (Lipinski definition) is 0. The van der Waals surface area contributed by atoms with Crippen LogP contribution in [0.5, 0.6) is 0 Å². The Morgan fingerprint density at radius 2 is 1.52 bits per heavy atom. The third kappa shape index (κ3) is 4.44. The molecule has 4 aliphatic carbocycles. The number of ketones is 3. The molecule has 6 atom stereocenters. The number of hydrogen-bond acceptors (Lipinski definition) is 3. The van der Waals surface area contributed by atoms with Gasteiger partial charge >= 0.3 is 0 Å². The lowest BCUT2D eigenvalue weighted by molar-refractivity contribution is -0.128. The van der Waals surface area contributed by atoms with Crippen LogP contribution in [-0.2, 0) is 14.4 Å². The van der Waals surface area contributed by atoms with E-state index >= 15 is 0 Å². The molecular weight excluding hydrogens is 360 g/mol. The van der Waals surface area contributed by atoms with E-state index in [4.69, 9.17) is 0 Å². The lowest BCUT2D eigenvalue weighted by Crippen LogP contribution is -2.51. The van der Waals surface area contributed by atoms with Gasteiger partial charge in [0.05, 0.1) is 0 Å². The summed E-state index contributed by atoms with van der Waals surface area (Å²) in [6.45, 7) is 13.7. The zero-order valence-corrected chi connectivity index (χ0v) is 19.8. The summed E-state index contributed by atoms with van der Waals surface area (Å²) in [6, 6.07) is 0. The molecule has 3 fully saturated rings. The van der Waals surface area contributed by atoms with Crippen LogP contribution in [0.1, 0.15) is 99.8 Å². The molecule has 0 radical (unpaired) electrons. The summed E-state index contributed by atoms with van der Waals surface area (Å²) in [5.41, 5.74) is 1.95. The highest BCUT2D eigenvalue weighted by Gasteiger charge is 2.59. The molecule has 0 N–H and O–H groups in total. The summed E-state index contributed by atoms with van der Waals surface area (Å²) in [5.74, 6) is 3.46. The normalized spacial score (nSPS) is 40.0. The first-order valence-corrected chi connectivity index (χ1v) is 11.8. The fraction of sp³-hybridized carbons (Fsp3) is 0.808. The topological polar surface area (TPSA) is 51.2 Å². The number of rotatable bonds is 1. The second-order valence-corrected chi connectivity index (χ2v) is 10.2. The van der Waals surface area contributed by atoms with Crippen molar-refractivity contribution in [1.82, 2.24) is 0 Å². The minimum absolute atomic E-state index is 0.167. The van der Waals surface area contributed by atoms with Gasteiger partial charge < -0.3 is 4.79 Å². The first kappa shape index (κ1) is 24.0. The van der Waals surface area contributed by atoms with Crippen LogP contribution in [0.4, 0.5) is 0 Å². The van der Waals surface area contributed by atoms with Crippen molar-refractivity contribution in [1.29, 1.82) is 0 Å². The average molecular weight is 403 g/mol. The number of Topliss-reactive ketones (excluding diaryl/α,β-unsaturated/α-hetero) is 2. The third-order valence-electron chi connectivity index (χ3n) is 8.45. The second-order valence-electron chi connectivity index (χ2n) is 10.2. The lowest BCUT2D eigenvalue weighted by Gasteiger charge is -2.58. The summed E-state index contributed by atoms with van der Waals surface area (Å²) in [6.07, 6.45) is 10.9. The smallest absolute Gasteiger partial charge is 0.155 e. The number of carbonyl (C=O) groups is 3. The van der Waals surface area contributed by atoms with Crippen LogP contribution in [0.15, 0.2) is 11.6 Å². The van der Waals surface area contributed by atoms with Gasteiger partial charge in [0.15, 0.2) is 5.78 Å². The van der Waals surface area contributed by atoms with Gasteiger partial charge in [0.2, 0.25) is 0 Å². The van der Waals surface area contributed by atoms with Crippen molar-refractivity contribution < 1.29 is 14.4 Å². The molecule has 3 nitrogen and oxygen atoms in total. The molecule has 4 rings (SSSR count). The van der Waals surface area contributed by atoms with Gasteiger partial charge in [-0.15, -0.1) is 0 Å². The van der Waals surface area contributed by atoms with E-state index in [1.165, 1.54) is 45.1 Å². The molecule has 29 heavy (non-hydrogen) atoms. The average Bonchev–Trinajstić information content (AvgIpc) is 3.01. The predicted molar refractivity (Wildman–Crippen MR) is 119 cm³/mol. The molecule has 164 valence electrons. The summed E-state index contributed by atoms with van der Waals surface area (Å²) in [5, 5.41) is 0. The van der Waals surface area contributed by atoms with E-state index in [1.807, 2.05) is 19.9 Å². The van der Waals surface area contributed by atoms with Gasteiger partial charge in [-0.05, 0) is 100 Å². The van der Waals surface area contributed by atoms with Gasteiger partial charge in [0.1, 0.15) is 11.6 Å². The summed E-state index contributed by atoms with van der Waals surface area (Å²) in [4.78, 5) is 33.4. The molecular formula is C26H42O3. The monoisotopic (exact) mass is 402 g/mol. The summed E-state index contributed by atoms with van der Waals surface area (Å²) >= 11 is 0. The van der Waals surface area contributed by atoms with Gasteiger partial charge in [0.25, 0.3) is 0 Å². The van der Waals surface area contributed by atoms with Crippen molar-refractivity contribution >= 4 is 17.3 Å². The van der Waals surface area contributed by atoms with E-state index < -0.39 is 0 Å². The van der Waals surface area contributed by atoms with Gasteiger partial charge in [-0.1, -0.05) is 33.3 Å². The van der Waals surface area contributed by atoms with Crippen LogP contribution in [0.25, 0.3) is 0 Å². The molecule has 0 aromatic heterocycles. The first-order valence-electron chi connectivity index (χ1n) is 11.8. The maximum atomic E-state index is 12.1. The highest BCUT2D eigenvalue weighted by molar-refractivity contribution is 5.91. The Bertz CT molecular complexity index is 671. The van der Waals surface area contributed by atoms with E-state index in [0.29, 0.717) is 17.5 Å². The molecule has 3 heteroatoms. The van der Waals surface area contributed by atoms with Crippen LogP contribution < -0.4 is 0 Å². The molecule has 6 unspecified atom stereocenters. The maximum absolute atomic E-state index is 12.1. The maximum Gasteiger partial charge on any atom is 0.155 e. The van der Waals surface area contributed by atoms with Crippen molar-refractivity contribution in [3.05, 3.63) is 11.6 Å². The molecule has 4 aliphatic rings. The number of fused-ring (bicyclic) bond motifs is 5. The lowest BCUT2D eigenvalue weighted by atomic mass is 9.47. The Balaban J connectivity index is 0.000000449. The zero-order chi connectivity index (χ0) is 22.0. The molecule has 0 aromatic carbocycles. The standard InChI is InChI=1S/C21H30O2.C3H6O.C2H6/c1-13(22)17-6-7-18-16-5-4-14-12-15(23)8-10-20(14,2)19(16)9-11-21(17,18)3;1-3(2)4;1-2/h12,16-19H,4-11H2,1-3H3;1-2H3;1-2H3. The molecule has 0 bridgehead atoms. The Morgan fingerprint density at radius 1 is 0.897 bits per heavy atom. The van der Waals surface area contributed by atoms with Gasteiger partial charge in [-0.2, -0.15) is 0 Å². The molecule has 0 amide bonds. The Hall–Kier alpha value is -1.25. The highest BCUT2D eigenvalue weighted by atomic mass is 16.1. The summed E-state index contributed by atoms with van der Waals surface area (Å²) < 4.78 is 0. The third-order valence-corrected chi connectivity index (χ3v) is 8.45. The van der Waals surface area contributed by atoms with Gasteiger partial charge in [-0.25, -0.2) is 0 Å². The minimum atomic E-state index is 0.167. The van der Waals surface area contributed by atoms with Crippen LogP contribution in [-0.4, -0.2) is 17.3 Å². The SMILES string of the molecule is CC.CC(=O)C1CCC2C3CCC4=CC(=O)CCC4(C)C3CCC12C.CC(C)=O. The first-order chi connectivity index (χ1) is 13.6. The molecule has 0 heterocycles. The number of allylic oxidation sites excluding steroid dienone is 1. The molecule has 0 aliphatic heterocycles. The predicted octanol–water partition coefficient (Wildman–Crippen LogP) is 6.35. The fourth-order valence-electron chi connectivity index (χ4n) is 7.23. The van der Waals surface area contributed by atoms with Crippen molar-refractivity contribution in [2.24, 2.45) is 34.5 Å². The van der Waals surface area contributed by atoms with Crippen LogP contribution in [0, 0.1) is 34.5 Å². The van der Waals surface area contributed by atoms with Crippen LogP contribution in [0.3, 0.4) is 0 Å². The van der Waals surface area contributed by atoms with Gasteiger partial charge in [-0.3, -0.25) is 9.59 Å². The van der Waals surface area contributed by atoms with E-state index in [-0.39, 0.29) is 16.6 Å². The minimum Gasteiger partial charge on any atom is -0.300 e. The van der Waals surface area contributed by atoms with Crippen LogP contribution >= 0.6 is 0 Å². The molecule has 3 saturated carbocycles. The fourth-order valence-corrected chi connectivity index (χ4v) is 7.23. The van der Waals surface area contributed by atoms with Crippen molar-refractivity contribution in [3.63, 3.8) is 0 Å². The Kier molecular flexibility index (Phi) is 7.68.